The summed E-state index contributed by atoms with van der Waals surface area (Å²) in [7, 11) is 0. The maximum atomic E-state index is 12.3. The highest BCUT2D eigenvalue weighted by atomic mass is 16.3. The predicted octanol–water partition coefficient (Wildman–Crippen LogP) is 2.53. The number of carbonyl (C=O) groups excluding carboxylic acids is 1. The molecule has 0 bridgehead atoms. The van der Waals surface area contributed by atoms with Crippen molar-refractivity contribution in [3.8, 4) is 0 Å². The SMILES string of the molecule is O=C1C(O)C(c2ccco2)N1C(/N=C/c1ccco1)c1ccco1. The molecule has 3 aromatic rings. The summed E-state index contributed by atoms with van der Waals surface area (Å²) in [6, 6.07) is 9.73. The summed E-state index contributed by atoms with van der Waals surface area (Å²) in [5.74, 6) is 1.09. The Balaban J connectivity index is 1.69. The largest absolute Gasteiger partial charge is 0.467 e. The normalized spacial score (nSPS) is 22.0. The molecule has 1 N–H and O–H groups in total. The molecule has 0 aromatic carbocycles. The van der Waals surface area contributed by atoms with Crippen molar-refractivity contribution in [3.05, 3.63) is 72.5 Å². The van der Waals surface area contributed by atoms with Gasteiger partial charge in [-0.25, -0.2) is 0 Å². The Labute approximate surface area is 136 Å². The van der Waals surface area contributed by atoms with Crippen LogP contribution in [0.25, 0.3) is 0 Å². The highest BCUT2D eigenvalue weighted by Gasteiger charge is 2.52. The van der Waals surface area contributed by atoms with Crippen molar-refractivity contribution < 1.29 is 23.2 Å². The molecule has 1 fully saturated rings. The summed E-state index contributed by atoms with van der Waals surface area (Å²) in [4.78, 5) is 18.1. The first-order chi connectivity index (χ1) is 11.8. The Morgan fingerprint density at radius 2 is 1.83 bits per heavy atom. The molecule has 1 aliphatic rings. The second-order valence-electron chi connectivity index (χ2n) is 5.33. The van der Waals surface area contributed by atoms with Gasteiger partial charge in [0.1, 0.15) is 23.3 Å². The Bertz CT molecular complexity index is 821. The molecular weight excluding hydrogens is 312 g/mol. The fraction of sp³-hybridized carbons (Fsp3) is 0.176. The van der Waals surface area contributed by atoms with E-state index in [4.69, 9.17) is 13.3 Å². The molecule has 0 aliphatic carbocycles. The van der Waals surface area contributed by atoms with Gasteiger partial charge in [-0.3, -0.25) is 14.7 Å². The van der Waals surface area contributed by atoms with E-state index in [-0.39, 0.29) is 0 Å². The quantitative estimate of drug-likeness (QED) is 0.574. The van der Waals surface area contributed by atoms with Crippen LogP contribution in [0.5, 0.6) is 0 Å². The Morgan fingerprint density at radius 3 is 2.50 bits per heavy atom. The number of aliphatic imine (C=N–C) groups is 1. The maximum absolute atomic E-state index is 12.3. The van der Waals surface area contributed by atoms with Gasteiger partial charge < -0.3 is 18.4 Å². The number of aliphatic hydroxyl groups is 1. The summed E-state index contributed by atoms with van der Waals surface area (Å²) >= 11 is 0. The van der Waals surface area contributed by atoms with Crippen LogP contribution in [0, 0.1) is 0 Å². The van der Waals surface area contributed by atoms with Crippen molar-refractivity contribution in [1.82, 2.24) is 4.90 Å². The fourth-order valence-corrected chi connectivity index (χ4v) is 2.75. The molecule has 1 amide bonds. The van der Waals surface area contributed by atoms with Crippen LogP contribution in [-0.4, -0.2) is 28.2 Å². The van der Waals surface area contributed by atoms with Gasteiger partial charge in [-0.05, 0) is 36.4 Å². The van der Waals surface area contributed by atoms with Crippen LogP contribution < -0.4 is 0 Å². The van der Waals surface area contributed by atoms with Gasteiger partial charge in [-0.1, -0.05) is 0 Å². The third kappa shape index (κ3) is 2.35. The topological polar surface area (TPSA) is 92.3 Å². The molecular formula is C17H14N2O5. The zero-order chi connectivity index (χ0) is 16.5. The highest BCUT2D eigenvalue weighted by molar-refractivity contribution is 5.89. The van der Waals surface area contributed by atoms with Crippen LogP contribution in [0.3, 0.4) is 0 Å². The highest BCUT2D eigenvalue weighted by Crippen LogP contribution is 2.42. The van der Waals surface area contributed by atoms with Crippen molar-refractivity contribution in [2.75, 3.05) is 0 Å². The third-order valence-corrected chi connectivity index (χ3v) is 3.89. The van der Waals surface area contributed by atoms with E-state index >= 15 is 0 Å². The monoisotopic (exact) mass is 326 g/mol. The van der Waals surface area contributed by atoms with Gasteiger partial charge in [-0.15, -0.1) is 0 Å². The summed E-state index contributed by atoms with van der Waals surface area (Å²) in [5, 5.41) is 10.1. The fourth-order valence-electron chi connectivity index (χ4n) is 2.75. The molecule has 24 heavy (non-hydrogen) atoms. The van der Waals surface area contributed by atoms with Crippen LogP contribution >= 0.6 is 0 Å². The lowest BCUT2D eigenvalue weighted by atomic mass is 9.94. The second kappa shape index (κ2) is 5.86. The van der Waals surface area contributed by atoms with Gasteiger partial charge in [0, 0.05) is 0 Å². The first-order valence-electron chi connectivity index (χ1n) is 7.39. The van der Waals surface area contributed by atoms with E-state index in [1.807, 2.05) is 0 Å². The lowest BCUT2D eigenvalue weighted by Gasteiger charge is -2.45. The molecule has 1 saturated heterocycles. The van der Waals surface area contributed by atoms with E-state index in [0.29, 0.717) is 17.3 Å². The number of hydrogen-bond donors (Lipinski definition) is 1. The molecule has 7 heteroatoms. The van der Waals surface area contributed by atoms with E-state index in [2.05, 4.69) is 4.99 Å². The van der Waals surface area contributed by atoms with Crippen molar-refractivity contribution >= 4 is 12.1 Å². The van der Waals surface area contributed by atoms with Crippen molar-refractivity contribution in [2.45, 2.75) is 18.3 Å². The smallest absolute Gasteiger partial charge is 0.256 e. The first-order valence-corrected chi connectivity index (χ1v) is 7.39. The molecule has 0 saturated carbocycles. The molecule has 0 radical (unpaired) electrons. The van der Waals surface area contributed by atoms with E-state index in [9.17, 15) is 9.90 Å². The van der Waals surface area contributed by atoms with E-state index in [1.165, 1.54) is 29.9 Å². The minimum absolute atomic E-state index is 0.436. The Morgan fingerprint density at radius 1 is 1.08 bits per heavy atom. The summed E-state index contributed by atoms with van der Waals surface area (Å²) < 4.78 is 16.0. The van der Waals surface area contributed by atoms with E-state index < -0.39 is 24.2 Å². The standard InChI is InChI=1S/C17H14N2O5/c20-15-14(12-5-2-8-23-12)19(17(15)21)16(13-6-3-9-24-13)18-10-11-4-1-7-22-11/h1-10,14-16,20H/b18-10+. The van der Waals surface area contributed by atoms with Crippen LogP contribution in [0.1, 0.15) is 29.5 Å². The first kappa shape index (κ1) is 14.5. The average Bonchev–Trinajstić information content (AvgIpc) is 3.35. The van der Waals surface area contributed by atoms with Gasteiger partial charge in [-0.2, -0.15) is 0 Å². The van der Waals surface area contributed by atoms with Gasteiger partial charge in [0.2, 0.25) is 0 Å². The van der Waals surface area contributed by atoms with Crippen molar-refractivity contribution in [1.29, 1.82) is 0 Å². The van der Waals surface area contributed by atoms with Gasteiger partial charge >= 0.3 is 0 Å². The minimum atomic E-state index is -1.16. The van der Waals surface area contributed by atoms with Crippen LogP contribution in [0.4, 0.5) is 0 Å². The lowest BCUT2D eigenvalue weighted by Crippen LogP contribution is -2.59. The number of aliphatic hydroxyl groups excluding tert-OH is 1. The van der Waals surface area contributed by atoms with Crippen molar-refractivity contribution in [2.24, 2.45) is 4.99 Å². The average molecular weight is 326 g/mol. The molecule has 3 unspecified atom stereocenters. The zero-order valence-corrected chi connectivity index (χ0v) is 12.5. The number of likely N-dealkylation sites (tertiary alicyclic amines) is 1. The molecule has 0 spiro atoms. The van der Waals surface area contributed by atoms with Crippen LogP contribution in [0.2, 0.25) is 0 Å². The molecule has 3 aromatic heterocycles. The second-order valence-corrected chi connectivity index (χ2v) is 5.33. The predicted molar refractivity (Wildman–Crippen MR) is 82.1 cm³/mol. The summed E-state index contributed by atoms with van der Waals surface area (Å²) in [6.07, 6.45) is 4.17. The van der Waals surface area contributed by atoms with Gasteiger partial charge in [0.25, 0.3) is 5.91 Å². The van der Waals surface area contributed by atoms with Crippen molar-refractivity contribution in [3.63, 3.8) is 0 Å². The molecule has 3 atom stereocenters. The maximum Gasteiger partial charge on any atom is 0.256 e. The molecule has 4 heterocycles. The van der Waals surface area contributed by atoms with Gasteiger partial charge in [0.15, 0.2) is 12.3 Å². The zero-order valence-electron chi connectivity index (χ0n) is 12.5. The number of carbonyl (C=O) groups is 1. The molecule has 1 aliphatic heterocycles. The van der Waals surface area contributed by atoms with Crippen LogP contribution in [-0.2, 0) is 4.79 Å². The summed E-state index contributed by atoms with van der Waals surface area (Å²) in [6.45, 7) is 0. The van der Waals surface area contributed by atoms with Crippen LogP contribution in [0.15, 0.2) is 73.4 Å². The molecule has 7 nitrogen and oxygen atoms in total. The number of amides is 1. The van der Waals surface area contributed by atoms with Gasteiger partial charge in [0.05, 0.1) is 25.0 Å². The molecule has 122 valence electrons. The molecule has 4 rings (SSSR count). The van der Waals surface area contributed by atoms with E-state index in [1.54, 1.807) is 36.4 Å². The number of nitrogens with zero attached hydrogens (tertiary/aromatic N) is 2. The number of β-lactam (4-membered cyclic amide) rings is 1. The third-order valence-electron chi connectivity index (χ3n) is 3.89. The minimum Gasteiger partial charge on any atom is -0.467 e. The Kier molecular flexibility index (Phi) is 3.55. The number of hydrogen-bond acceptors (Lipinski definition) is 6. The number of furan rings is 3. The lowest BCUT2D eigenvalue weighted by molar-refractivity contribution is -0.175. The summed E-state index contributed by atoms with van der Waals surface area (Å²) in [5.41, 5.74) is 0. The van der Waals surface area contributed by atoms with E-state index in [0.717, 1.165) is 0 Å². The Hall–Kier alpha value is -3.06. The number of rotatable bonds is 5.